The molecule has 0 aliphatic rings. The summed E-state index contributed by atoms with van der Waals surface area (Å²) in [5.41, 5.74) is 5.14. The highest BCUT2D eigenvalue weighted by Gasteiger charge is 2.09. The van der Waals surface area contributed by atoms with Crippen molar-refractivity contribution in [2.24, 2.45) is 0 Å². The number of hydrogen-bond donors (Lipinski definition) is 1. The van der Waals surface area contributed by atoms with Gasteiger partial charge in [0, 0.05) is 45.5 Å². The van der Waals surface area contributed by atoms with Gasteiger partial charge >= 0.3 is 0 Å². The lowest BCUT2D eigenvalue weighted by molar-refractivity contribution is 0.827. The smallest absolute Gasteiger partial charge is 0.0491 e. The first-order chi connectivity index (χ1) is 12.3. The van der Waals surface area contributed by atoms with Crippen molar-refractivity contribution < 1.29 is 0 Å². The van der Waals surface area contributed by atoms with E-state index in [9.17, 15) is 0 Å². The molecule has 0 unspecified atom stereocenters. The number of aromatic nitrogens is 1. The average Bonchev–Trinajstić information content (AvgIpc) is 2.99. The molecule has 0 bridgehead atoms. The molecule has 3 aromatic carbocycles. The molecule has 1 heterocycles. The fourth-order valence-electron chi connectivity index (χ4n) is 3.54. The van der Waals surface area contributed by atoms with Crippen LogP contribution in [0.3, 0.4) is 0 Å². The van der Waals surface area contributed by atoms with Gasteiger partial charge in [0.2, 0.25) is 0 Å². The van der Waals surface area contributed by atoms with E-state index in [0.717, 1.165) is 13.1 Å². The summed E-state index contributed by atoms with van der Waals surface area (Å²) >= 11 is 1.78. The van der Waals surface area contributed by atoms with Crippen molar-refractivity contribution in [3.63, 3.8) is 0 Å². The fourth-order valence-corrected chi connectivity index (χ4v) is 4.11. The lowest BCUT2D eigenvalue weighted by atomic mass is 10.1. The Hall–Kier alpha value is -2.39. The van der Waals surface area contributed by atoms with Gasteiger partial charge in [0.15, 0.2) is 0 Å². The Balaban J connectivity index is 1.71. The van der Waals surface area contributed by atoms with Crippen LogP contribution >= 0.6 is 11.8 Å². The fraction of sp³-hybridized carbons (Fsp3) is 0.182. The van der Waals surface area contributed by atoms with Gasteiger partial charge < -0.3 is 9.88 Å². The summed E-state index contributed by atoms with van der Waals surface area (Å²) < 4.78 is 2.39. The molecule has 4 aromatic rings. The number of benzene rings is 3. The molecule has 0 saturated heterocycles. The third-order valence-electron chi connectivity index (χ3n) is 4.74. The molecule has 4 rings (SSSR count). The van der Waals surface area contributed by atoms with Crippen LogP contribution in [0.15, 0.2) is 71.6 Å². The molecule has 3 heteroatoms. The first-order valence-electron chi connectivity index (χ1n) is 8.68. The van der Waals surface area contributed by atoms with Crippen LogP contribution in [0.2, 0.25) is 0 Å². The number of hydrogen-bond acceptors (Lipinski definition) is 2. The molecule has 0 fully saturated rings. The van der Waals surface area contributed by atoms with Crippen molar-refractivity contribution in [1.29, 1.82) is 0 Å². The summed E-state index contributed by atoms with van der Waals surface area (Å²) in [6, 6.07) is 24.0. The van der Waals surface area contributed by atoms with Gasteiger partial charge in [-0.1, -0.05) is 36.4 Å². The Kier molecular flexibility index (Phi) is 4.41. The summed E-state index contributed by atoms with van der Waals surface area (Å²) in [6.45, 7) is 4.03. The van der Waals surface area contributed by atoms with Gasteiger partial charge in [-0.25, -0.2) is 0 Å². The first kappa shape index (κ1) is 16.1. The minimum absolute atomic E-state index is 0.832. The minimum Gasteiger partial charge on any atom is -0.380 e. The zero-order valence-corrected chi connectivity index (χ0v) is 15.4. The van der Waals surface area contributed by atoms with Gasteiger partial charge in [0.1, 0.15) is 0 Å². The van der Waals surface area contributed by atoms with Crippen molar-refractivity contribution >= 4 is 39.3 Å². The zero-order valence-electron chi connectivity index (χ0n) is 14.6. The summed E-state index contributed by atoms with van der Waals surface area (Å²) in [5.74, 6) is 0. The Morgan fingerprint density at radius 2 is 1.64 bits per heavy atom. The predicted molar refractivity (Wildman–Crippen MR) is 111 cm³/mol. The van der Waals surface area contributed by atoms with Crippen LogP contribution in [0.25, 0.3) is 21.8 Å². The van der Waals surface area contributed by atoms with E-state index in [-0.39, 0.29) is 0 Å². The van der Waals surface area contributed by atoms with E-state index in [0.29, 0.717) is 0 Å². The lowest BCUT2D eigenvalue weighted by Crippen LogP contribution is -2.00. The summed E-state index contributed by atoms with van der Waals surface area (Å²) in [4.78, 5) is 1.28. The molecule has 0 aliphatic heterocycles. The van der Waals surface area contributed by atoms with Crippen LogP contribution in [0.1, 0.15) is 12.5 Å². The van der Waals surface area contributed by atoms with Crippen LogP contribution in [-0.2, 0) is 13.1 Å². The second kappa shape index (κ2) is 6.85. The summed E-state index contributed by atoms with van der Waals surface area (Å²) in [5, 5.41) is 6.27. The van der Waals surface area contributed by atoms with Gasteiger partial charge in [0.05, 0.1) is 0 Å². The molecule has 126 valence electrons. The minimum atomic E-state index is 0.832. The summed E-state index contributed by atoms with van der Waals surface area (Å²) in [7, 11) is 0. The Labute approximate surface area is 152 Å². The van der Waals surface area contributed by atoms with Crippen LogP contribution < -0.4 is 5.32 Å². The largest absolute Gasteiger partial charge is 0.380 e. The number of rotatable bonds is 5. The molecule has 2 nitrogen and oxygen atoms in total. The van der Waals surface area contributed by atoms with E-state index in [4.69, 9.17) is 0 Å². The highest BCUT2D eigenvalue weighted by atomic mass is 32.2. The molecule has 0 spiro atoms. The van der Waals surface area contributed by atoms with Gasteiger partial charge in [0.25, 0.3) is 0 Å². The Bertz CT molecular complexity index is 1030. The molecule has 25 heavy (non-hydrogen) atoms. The van der Waals surface area contributed by atoms with Crippen molar-refractivity contribution in [3.8, 4) is 0 Å². The highest BCUT2D eigenvalue weighted by molar-refractivity contribution is 7.98. The zero-order chi connectivity index (χ0) is 17.2. The molecular formula is C22H22N2S. The molecule has 1 aromatic heterocycles. The highest BCUT2D eigenvalue weighted by Crippen LogP contribution is 2.30. The Morgan fingerprint density at radius 1 is 0.880 bits per heavy atom. The number of fused-ring (bicyclic) bond motifs is 3. The number of anilines is 1. The van der Waals surface area contributed by atoms with E-state index < -0.39 is 0 Å². The maximum absolute atomic E-state index is 3.59. The second-order valence-electron chi connectivity index (χ2n) is 6.17. The van der Waals surface area contributed by atoms with E-state index in [1.165, 1.54) is 38.0 Å². The molecule has 0 saturated carbocycles. The van der Waals surface area contributed by atoms with Crippen molar-refractivity contribution in [2.75, 3.05) is 11.6 Å². The Morgan fingerprint density at radius 3 is 2.48 bits per heavy atom. The van der Waals surface area contributed by atoms with E-state index in [2.05, 4.69) is 89.8 Å². The SMILES string of the molecule is CCn1c2ccccc2c2cc(CNc3ccccc3SC)ccc21. The third kappa shape index (κ3) is 2.89. The second-order valence-corrected chi connectivity index (χ2v) is 7.01. The van der Waals surface area contributed by atoms with E-state index in [1.807, 2.05) is 0 Å². The van der Waals surface area contributed by atoms with Crippen LogP contribution in [-0.4, -0.2) is 10.8 Å². The number of nitrogens with zero attached hydrogens (tertiary/aromatic N) is 1. The van der Waals surface area contributed by atoms with Crippen LogP contribution in [0.4, 0.5) is 5.69 Å². The molecular weight excluding hydrogens is 324 g/mol. The topological polar surface area (TPSA) is 17.0 Å². The molecule has 0 atom stereocenters. The van der Waals surface area contributed by atoms with Crippen LogP contribution in [0.5, 0.6) is 0 Å². The number of nitrogens with one attached hydrogen (secondary N) is 1. The van der Waals surface area contributed by atoms with E-state index in [1.54, 1.807) is 11.8 Å². The monoisotopic (exact) mass is 346 g/mol. The third-order valence-corrected chi connectivity index (χ3v) is 5.54. The maximum atomic E-state index is 3.59. The molecule has 1 N–H and O–H groups in total. The van der Waals surface area contributed by atoms with Gasteiger partial charge in [-0.15, -0.1) is 11.8 Å². The predicted octanol–water partition coefficient (Wildman–Crippen LogP) is 6.15. The number of thioether (sulfide) groups is 1. The van der Waals surface area contributed by atoms with E-state index >= 15 is 0 Å². The summed E-state index contributed by atoms with van der Waals surface area (Å²) in [6.07, 6.45) is 2.12. The number of para-hydroxylation sites is 2. The first-order valence-corrected chi connectivity index (χ1v) is 9.91. The average molecular weight is 346 g/mol. The maximum Gasteiger partial charge on any atom is 0.0491 e. The van der Waals surface area contributed by atoms with Crippen molar-refractivity contribution in [1.82, 2.24) is 4.57 Å². The van der Waals surface area contributed by atoms with Crippen LogP contribution in [0, 0.1) is 0 Å². The quantitative estimate of drug-likeness (QED) is 0.437. The standard InChI is InChI=1S/C22H22N2S/c1-3-24-20-10-6-4-8-17(20)18-14-16(12-13-21(18)24)15-23-19-9-5-7-11-22(19)25-2/h4-14,23H,3,15H2,1-2H3. The van der Waals surface area contributed by atoms with Crippen molar-refractivity contribution in [3.05, 3.63) is 72.3 Å². The van der Waals surface area contributed by atoms with Gasteiger partial charge in [-0.2, -0.15) is 0 Å². The molecule has 0 amide bonds. The molecule has 0 aliphatic carbocycles. The number of aryl methyl sites for hydroxylation is 1. The normalized spacial score (nSPS) is 11.3. The van der Waals surface area contributed by atoms with Gasteiger partial charge in [-0.3, -0.25) is 0 Å². The van der Waals surface area contributed by atoms with Gasteiger partial charge in [-0.05, 0) is 49.1 Å². The van der Waals surface area contributed by atoms with Crippen molar-refractivity contribution in [2.45, 2.75) is 24.9 Å². The molecule has 0 radical (unpaired) electrons. The lowest BCUT2D eigenvalue weighted by Gasteiger charge is -2.11.